The fourth-order valence-electron chi connectivity index (χ4n) is 1.85. The molecule has 8 heteroatoms. The largest absolute Gasteiger partial charge is 0.376 e. The summed E-state index contributed by atoms with van der Waals surface area (Å²) in [5.41, 5.74) is 2.71. The van der Waals surface area contributed by atoms with E-state index < -0.39 is 10.0 Å². The first-order chi connectivity index (χ1) is 8.55. The maximum atomic E-state index is 12.4. The van der Waals surface area contributed by atoms with Crippen molar-refractivity contribution in [3.63, 3.8) is 0 Å². The quantitative estimate of drug-likeness (QED) is 0.583. The molecule has 0 spiro atoms. The maximum absolute atomic E-state index is 12.4. The SMILES string of the molecule is CC1CN(S(=O)(=O)c2cnccc2NN)CCO1. The highest BCUT2D eigenvalue weighted by Crippen LogP contribution is 2.24. The van der Waals surface area contributed by atoms with E-state index in [1.807, 2.05) is 6.92 Å². The van der Waals surface area contributed by atoms with Crippen molar-refractivity contribution < 1.29 is 13.2 Å². The van der Waals surface area contributed by atoms with Crippen molar-refractivity contribution in [3.8, 4) is 0 Å². The molecule has 2 rings (SSSR count). The van der Waals surface area contributed by atoms with Gasteiger partial charge >= 0.3 is 0 Å². The Labute approximate surface area is 106 Å². The molecule has 1 saturated heterocycles. The van der Waals surface area contributed by atoms with Gasteiger partial charge in [-0.05, 0) is 13.0 Å². The highest BCUT2D eigenvalue weighted by molar-refractivity contribution is 7.89. The molecular formula is C10H16N4O3S. The normalized spacial score (nSPS) is 21.8. The van der Waals surface area contributed by atoms with Crippen LogP contribution in [0.15, 0.2) is 23.4 Å². The van der Waals surface area contributed by atoms with Gasteiger partial charge in [0, 0.05) is 25.5 Å². The fourth-order valence-corrected chi connectivity index (χ4v) is 3.45. The Morgan fingerprint density at radius 1 is 1.61 bits per heavy atom. The molecule has 0 aliphatic carbocycles. The van der Waals surface area contributed by atoms with E-state index >= 15 is 0 Å². The number of nitrogens with two attached hydrogens (primary N) is 1. The number of aromatic nitrogens is 1. The lowest BCUT2D eigenvalue weighted by Crippen LogP contribution is -2.44. The smallest absolute Gasteiger partial charge is 0.246 e. The van der Waals surface area contributed by atoms with E-state index in [0.717, 1.165) is 0 Å². The van der Waals surface area contributed by atoms with Gasteiger partial charge in [0.2, 0.25) is 10.0 Å². The summed E-state index contributed by atoms with van der Waals surface area (Å²) in [6.45, 7) is 2.91. The van der Waals surface area contributed by atoms with E-state index in [4.69, 9.17) is 10.6 Å². The number of pyridine rings is 1. The third-order valence-corrected chi connectivity index (χ3v) is 4.65. The number of ether oxygens (including phenoxy) is 1. The van der Waals surface area contributed by atoms with Gasteiger partial charge < -0.3 is 10.2 Å². The zero-order valence-corrected chi connectivity index (χ0v) is 10.9. The summed E-state index contributed by atoms with van der Waals surface area (Å²) in [4.78, 5) is 3.93. The minimum absolute atomic E-state index is 0.0848. The summed E-state index contributed by atoms with van der Waals surface area (Å²) in [7, 11) is -3.59. The van der Waals surface area contributed by atoms with Gasteiger partial charge in [0.25, 0.3) is 0 Å². The number of rotatable bonds is 3. The molecule has 2 heterocycles. The van der Waals surface area contributed by atoms with Crippen molar-refractivity contribution in [1.82, 2.24) is 9.29 Å². The maximum Gasteiger partial charge on any atom is 0.246 e. The molecule has 1 aliphatic rings. The lowest BCUT2D eigenvalue weighted by atomic mass is 10.3. The van der Waals surface area contributed by atoms with E-state index in [2.05, 4.69) is 10.4 Å². The monoisotopic (exact) mass is 272 g/mol. The molecule has 0 amide bonds. The summed E-state index contributed by atoms with van der Waals surface area (Å²) in [5, 5.41) is 0. The van der Waals surface area contributed by atoms with Crippen LogP contribution in [0.3, 0.4) is 0 Å². The molecule has 1 aromatic rings. The topological polar surface area (TPSA) is 97.6 Å². The molecule has 0 radical (unpaired) electrons. The van der Waals surface area contributed by atoms with Crippen LogP contribution in [-0.2, 0) is 14.8 Å². The van der Waals surface area contributed by atoms with Crippen molar-refractivity contribution >= 4 is 15.7 Å². The van der Waals surface area contributed by atoms with E-state index in [0.29, 0.717) is 25.4 Å². The highest BCUT2D eigenvalue weighted by Gasteiger charge is 2.30. The first kappa shape index (κ1) is 13.2. The predicted octanol–water partition coefficient (Wildman–Crippen LogP) is -0.223. The van der Waals surface area contributed by atoms with Gasteiger partial charge in [-0.25, -0.2) is 8.42 Å². The molecule has 1 fully saturated rings. The summed E-state index contributed by atoms with van der Waals surface area (Å²) in [6.07, 6.45) is 2.67. The van der Waals surface area contributed by atoms with Crippen LogP contribution in [0.4, 0.5) is 5.69 Å². The third kappa shape index (κ3) is 2.46. The van der Waals surface area contributed by atoms with Gasteiger partial charge in [0.15, 0.2) is 0 Å². The minimum atomic E-state index is -3.59. The van der Waals surface area contributed by atoms with Crippen LogP contribution in [-0.4, -0.2) is 43.5 Å². The molecule has 0 bridgehead atoms. The number of hydrazine groups is 1. The first-order valence-corrected chi connectivity index (χ1v) is 7.02. The number of nitrogens with one attached hydrogen (secondary N) is 1. The van der Waals surface area contributed by atoms with E-state index in [1.54, 1.807) is 0 Å². The van der Waals surface area contributed by atoms with Crippen LogP contribution in [0.5, 0.6) is 0 Å². The Bertz CT molecular complexity index is 520. The second-order valence-corrected chi connectivity index (χ2v) is 5.97. The van der Waals surface area contributed by atoms with Crippen molar-refractivity contribution in [3.05, 3.63) is 18.5 Å². The van der Waals surface area contributed by atoms with E-state index in [1.165, 1.54) is 22.8 Å². The van der Waals surface area contributed by atoms with Gasteiger partial charge in [0.1, 0.15) is 4.90 Å². The summed E-state index contributed by atoms with van der Waals surface area (Å²) in [6, 6.07) is 1.52. The number of nitrogens with zero attached hydrogens (tertiary/aromatic N) is 2. The number of sulfonamides is 1. The van der Waals surface area contributed by atoms with Gasteiger partial charge in [-0.2, -0.15) is 4.31 Å². The minimum Gasteiger partial charge on any atom is -0.376 e. The zero-order valence-electron chi connectivity index (χ0n) is 10.0. The Kier molecular flexibility index (Phi) is 3.81. The van der Waals surface area contributed by atoms with Crippen molar-refractivity contribution in [2.75, 3.05) is 25.1 Å². The molecule has 18 heavy (non-hydrogen) atoms. The van der Waals surface area contributed by atoms with Crippen LogP contribution in [0, 0.1) is 0 Å². The number of hydrogen-bond acceptors (Lipinski definition) is 6. The molecule has 7 nitrogen and oxygen atoms in total. The molecule has 1 atom stereocenters. The molecular weight excluding hydrogens is 256 g/mol. The molecule has 1 unspecified atom stereocenters. The standard InChI is InChI=1S/C10H16N4O3S/c1-8-7-14(4-5-17-8)18(15,16)10-6-12-3-2-9(10)13-11/h2-3,6,8H,4-5,7,11H2,1H3,(H,12,13). The van der Waals surface area contributed by atoms with Gasteiger partial charge in [0.05, 0.1) is 18.4 Å². The predicted molar refractivity (Wildman–Crippen MR) is 66.2 cm³/mol. The Balaban J connectivity index is 2.35. The molecule has 100 valence electrons. The second kappa shape index (κ2) is 5.19. The number of anilines is 1. The van der Waals surface area contributed by atoms with Gasteiger partial charge in [-0.3, -0.25) is 10.8 Å². The number of nitrogen functional groups attached to an aromatic ring is 1. The molecule has 1 aromatic heterocycles. The van der Waals surface area contributed by atoms with Crippen LogP contribution in [0.2, 0.25) is 0 Å². The van der Waals surface area contributed by atoms with Crippen LogP contribution < -0.4 is 11.3 Å². The zero-order chi connectivity index (χ0) is 13.2. The number of hydrogen-bond donors (Lipinski definition) is 2. The lowest BCUT2D eigenvalue weighted by molar-refractivity contribution is 0.0102. The Morgan fingerprint density at radius 2 is 2.39 bits per heavy atom. The molecule has 3 N–H and O–H groups in total. The lowest BCUT2D eigenvalue weighted by Gasteiger charge is -2.30. The van der Waals surface area contributed by atoms with Gasteiger partial charge in [-0.15, -0.1) is 0 Å². The van der Waals surface area contributed by atoms with Crippen LogP contribution in [0.1, 0.15) is 6.92 Å². The number of morpholine rings is 1. The summed E-state index contributed by atoms with van der Waals surface area (Å²) in [5.74, 6) is 5.32. The molecule has 0 aromatic carbocycles. The Morgan fingerprint density at radius 3 is 3.06 bits per heavy atom. The molecule has 0 saturated carbocycles. The average Bonchev–Trinajstić information content (AvgIpc) is 2.38. The first-order valence-electron chi connectivity index (χ1n) is 5.58. The van der Waals surface area contributed by atoms with E-state index in [-0.39, 0.29) is 11.0 Å². The molecule has 1 aliphatic heterocycles. The second-order valence-electron chi connectivity index (χ2n) is 4.06. The summed E-state index contributed by atoms with van der Waals surface area (Å²) >= 11 is 0. The third-order valence-electron chi connectivity index (χ3n) is 2.76. The van der Waals surface area contributed by atoms with Crippen molar-refractivity contribution in [1.29, 1.82) is 0 Å². The Hall–Kier alpha value is -1.22. The van der Waals surface area contributed by atoms with Crippen LogP contribution in [0.25, 0.3) is 0 Å². The van der Waals surface area contributed by atoms with E-state index in [9.17, 15) is 8.42 Å². The van der Waals surface area contributed by atoms with Crippen molar-refractivity contribution in [2.45, 2.75) is 17.9 Å². The van der Waals surface area contributed by atoms with Crippen molar-refractivity contribution in [2.24, 2.45) is 5.84 Å². The van der Waals surface area contributed by atoms with Gasteiger partial charge in [-0.1, -0.05) is 0 Å². The fraction of sp³-hybridized carbons (Fsp3) is 0.500. The average molecular weight is 272 g/mol. The summed E-state index contributed by atoms with van der Waals surface area (Å²) < 4.78 is 31.6. The van der Waals surface area contributed by atoms with Crippen LogP contribution >= 0.6 is 0 Å². The highest BCUT2D eigenvalue weighted by atomic mass is 32.2.